The van der Waals surface area contributed by atoms with Gasteiger partial charge in [0.2, 0.25) is 0 Å². The van der Waals surface area contributed by atoms with E-state index in [4.69, 9.17) is 14.2 Å². The molecule has 0 radical (unpaired) electrons. The number of nitrogens with zero attached hydrogens (tertiary/aromatic N) is 1. The summed E-state index contributed by atoms with van der Waals surface area (Å²) >= 11 is 0. The zero-order chi connectivity index (χ0) is 15.2. The van der Waals surface area contributed by atoms with E-state index in [0.29, 0.717) is 30.5 Å². The summed E-state index contributed by atoms with van der Waals surface area (Å²) in [5, 5.41) is 0. The normalized spacial score (nSPS) is 28.3. The van der Waals surface area contributed by atoms with E-state index in [-0.39, 0.29) is 0 Å². The summed E-state index contributed by atoms with van der Waals surface area (Å²) in [6.45, 7) is 12.6. The summed E-state index contributed by atoms with van der Waals surface area (Å²) < 4.78 is 17.6. The zero-order valence-corrected chi connectivity index (χ0v) is 14.2. The van der Waals surface area contributed by atoms with E-state index in [2.05, 4.69) is 32.6 Å². The Morgan fingerprint density at radius 2 is 1.57 bits per heavy atom. The molecule has 1 saturated heterocycles. The molecule has 1 aliphatic carbocycles. The van der Waals surface area contributed by atoms with Crippen molar-refractivity contribution in [1.29, 1.82) is 0 Å². The molecule has 124 valence electrons. The Balaban J connectivity index is 1.52. The van der Waals surface area contributed by atoms with Crippen molar-refractivity contribution in [3.8, 4) is 0 Å². The van der Waals surface area contributed by atoms with Gasteiger partial charge in [-0.2, -0.15) is 0 Å². The van der Waals surface area contributed by atoms with Crippen molar-refractivity contribution in [3.05, 3.63) is 0 Å². The smallest absolute Gasteiger partial charge is 0.0628 e. The monoisotopic (exact) mass is 299 g/mol. The maximum Gasteiger partial charge on any atom is 0.0628 e. The third-order valence-electron chi connectivity index (χ3n) is 4.29. The van der Waals surface area contributed by atoms with Gasteiger partial charge >= 0.3 is 0 Å². The summed E-state index contributed by atoms with van der Waals surface area (Å²) in [4.78, 5) is 2.49. The van der Waals surface area contributed by atoms with Gasteiger partial charge in [0.1, 0.15) is 0 Å². The second-order valence-electron chi connectivity index (χ2n) is 7.00. The first kappa shape index (κ1) is 17.2. The molecule has 0 amide bonds. The van der Waals surface area contributed by atoms with Gasteiger partial charge < -0.3 is 19.1 Å². The number of ether oxygens (including phenoxy) is 3. The molecule has 0 aromatic heterocycles. The van der Waals surface area contributed by atoms with Crippen LogP contribution >= 0.6 is 0 Å². The lowest BCUT2D eigenvalue weighted by molar-refractivity contribution is -0.146. The van der Waals surface area contributed by atoms with E-state index in [1.54, 1.807) is 0 Å². The maximum absolute atomic E-state index is 6.19. The van der Waals surface area contributed by atoms with Crippen LogP contribution in [-0.2, 0) is 14.2 Å². The molecule has 2 aliphatic rings. The highest BCUT2D eigenvalue weighted by atomic mass is 16.5. The van der Waals surface area contributed by atoms with Crippen LogP contribution in [0.15, 0.2) is 0 Å². The number of rotatable bonds is 8. The fraction of sp³-hybridized carbons (Fsp3) is 1.00. The van der Waals surface area contributed by atoms with Gasteiger partial charge in [0.25, 0.3) is 0 Å². The predicted molar refractivity (Wildman–Crippen MR) is 84.7 cm³/mol. The van der Waals surface area contributed by atoms with E-state index in [0.717, 1.165) is 51.9 Å². The van der Waals surface area contributed by atoms with Crippen LogP contribution in [0.1, 0.15) is 53.4 Å². The molecule has 0 aromatic rings. The first-order chi connectivity index (χ1) is 10.0. The molecule has 0 atom stereocenters. The van der Waals surface area contributed by atoms with Crippen LogP contribution in [0.5, 0.6) is 0 Å². The van der Waals surface area contributed by atoms with Crippen molar-refractivity contribution in [2.45, 2.75) is 83.9 Å². The molecule has 0 aromatic carbocycles. The highest BCUT2D eigenvalue weighted by Gasteiger charge is 2.33. The standard InChI is InChI=1S/C17H33NO3/c1-13(2)19-10-9-18-7-5-15(6-8-18)21-17-11-16(12-17)20-14(3)4/h13-17H,5-12H2,1-4H3/t16-,17-. The van der Waals surface area contributed by atoms with E-state index in [9.17, 15) is 0 Å². The Bertz CT molecular complexity index is 282. The second kappa shape index (κ2) is 8.47. The minimum Gasteiger partial charge on any atom is -0.377 e. The van der Waals surface area contributed by atoms with E-state index < -0.39 is 0 Å². The summed E-state index contributed by atoms with van der Waals surface area (Å²) in [5.74, 6) is 0. The third kappa shape index (κ3) is 6.23. The van der Waals surface area contributed by atoms with Gasteiger partial charge in [0, 0.05) is 19.6 Å². The second-order valence-corrected chi connectivity index (χ2v) is 7.00. The van der Waals surface area contributed by atoms with E-state index in [1.165, 1.54) is 0 Å². The van der Waals surface area contributed by atoms with E-state index in [1.807, 2.05) is 0 Å². The first-order valence-corrected chi connectivity index (χ1v) is 8.67. The van der Waals surface area contributed by atoms with Crippen LogP contribution in [0.4, 0.5) is 0 Å². The van der Waals surface area contributed by atoms with Crippen molar-refractivity contribution in [1.82, 2.24) is 4.90 Å². The Labute approximate surface area is 130 Å². The number of hydrogen-bond donors (Lipinski definition) is 0. The largest absolute Gasteiger partial charge is 0.377 e. The molecule has 2 fully saturated rings. The fourth-order valence-corrected chi connectivity index (χ4v) is 3.08. The van der Waals surface area contributed by atoms with Gasteiger partial charge in [0.15, 0.2) is 0 Å². The lowest BCUT2D eigenvalue weighted by Gasteiger charge is -2.40. The minimum atomic E-state index is 0.338. The van der Waals surface area contributed by atoms with Crippen LogP contribution in [-0.4, -0.2) is 61.7 Å². The molecule has 1 aliphatic heterocycles. The number of piperidine rings is 1. The fourth-order valence-electron chi connectivity index (χ4n) is 3.08. The SMILES string of the molecule is CC(C)OCCN1CCC(O[C@H]2C[C@H](OC(C)C)C2)CC1. The molecule has 0 N–H and O–H groups in total. The molecular weight excluding hydrogens is 266 g/mol. The average molecular weight is 299 g/mol. The zero-order valence-electron chi connectivity index (χ0n) is 14.2. The number of hydrogen-bond acceptors (Lipinski definition) is 4. The van der Waals surface area contributed by atoms with Crippen LogP contribution in [0.25, 0.3) is 0 Å². The molecule has 1 saturated carbocycles. The highest BCUT2D eigenvalue weighted by molar-refractivity contribution is 4.84. The van der Waals surface area contributed by atoms with Gasteiger partial charge in [-0.15, -0.1) is 0 Å². The van der Waals surface area contributed by atoms with Crippen molar-refractivity contribution in [2.75, 3.05) is 26.2 Å². The minimum absolute atomic E-state index is 0.338. The van der Waals surface area contributed by atoms with Crippen molar-refractivity contribution in [3.63, 3.8) is 0 Å². The van der Waals surface area contributed by atoms with Crippen LogP contribution < -0.4 is 0 Å². The number of likely N-dealkylation sites (tertiary alicyclic amines) is 1. The third-order valence-corrected chi connectivity index (χ3v) is 4.29. The molecule has 4 nitrogen and oxygen atoms in total. The first-order valence-electron chi connectivity index (χ1n) is 8.67. The summed E-state index contributed by atoms with van der Waals surface area (Å²) in [5.41, 5.74) is 0. The van der Waals surface area contributed by atoms with E-state index >= 15 is 0 Å². The Morgan fingerprint density at radius 1 is 0.905 bits per heavy atom. The highest BCUT2D eigenvalue weighted by Crippen LogP contribution is 2.30. The molecule has 0 spiro atoms. The molecule has 2 rings (SSSR count). The van der Waals surface area contributed by atoms with Crippen LogP contribution in [0, 0.1) is 0 Å². The Morgan fingerprint density at radius 3 is 2.14 bits per heavy atom. The van der Waals surface area contributed by atoms with Crippen molar-refractivity contribution >= 4 is 0 Å². The quantitative estimate of drug-likeness (QED) is 0.689. The summed E-state index contributed by atoms with van der Waals surface area (Å²) in [6.07, 6.45) is 6.50. The molecule has 0 bridgehead atoms. The molecule has 21 heavy (non-hydrogen) atoms. The molecule has 4 heteroatoms. The Kier molecular flexibility index (Phi) is 6.93. The average Bonchev–Trinajstić information content (AvgIpc) is 2.37. The predicted octanol–water partition coefficient (Wildman–Crippen LogP) is 2.85. The molecule has 0 unspecified atom stereocenters. The summed E-state index contributed by atoms with van der Waals surface area (Å²) in [7, 11) is 0. The lowest BCUT2D eigenvalue weighted by Crippen LogP contribution is -2.44. The van der Waals surface area contributed by atoms with Gasteiger partial charge in [-0.3, -0.25) is 0 Å². The van der Waals surface area contributed by atoms with Gasteiger partial charge in [0.05, 0.1) is 37.1 Å². The van der Waals surface area contributed by atoms with Crippen molar-refractivity contribution < 1.29 is 14.2 Å². The topological polar surface area (TPSA) is 30.9 Å². The van der Waals surface area contributed by atoms with Crippen LogP contribution in [0.2, 0.25) is 0 Å². The van der Waals surface area contributed by atoms with Gasteiger partial charge in [-0.05, 0) is 53.4 Å². The van der Waals surface area contributed by atoms with Crippen molar-refractivity contribution in [2.24, 2.45) is 0 Å². The van der Waals surface area contributed by atoms with Gasteiger partial charge in [-0.1, -0.05) is 0 Å². The molecular formula is C17H33NO3. The van der Waals surface area contributed by atoms with Crippen LogP contribution in [0.3, 0.4) is 0 Å². The maximum atomic E-state index is 6.19. The lowest BCUT2D eigenvalue weighted by atomic mass is 9.91. The summed E-state index contributed by atoms with van der Waals surface area (Å²) in [6, 6.07) is 0. The van der Waals surface area contributed by atoms with Gasteiger partial charge in [-0.25, -0.2) is 0 Å². The molecule has 1 heterocycles. The Hall–Kier alpha value is -0.160.